The lowest BCUT2D eigenvalue weighted by atomic mass is 9.83. The third-order valence-corrected chi connectivity index (χ3v) is 5.09. The number of benzene rings is 1. The van der Waals surface area contributed by atoms with Crippen LogP contribution in [0.3, 0.4) is 0 Å². The van der Waals surface area contributed by atoms with Gasteiger partial charge in [-0.3, -0.25) is 0 Å². The molecule has 0 aliphatic carbocycles. The summed E-state index contributed by atoms with van der Waals surface area (Å²) in [5, 5.41) is 1.33. The van der Waals surface area contributed by atoms with Crippen LogP contribution in [-0.4, -0.2) is 25.6 Å². The van der Waals surface area contributed by atoms with Gasteiger partial charge in [-0.1, -0.05) is 34.8 Å². The fourth-order valence-corrected chi connectivity index (χ4v) is 3.00. The van der Waals surface area contributed by atoms with Gasteiger partial charge in [-0.05, 0) is 24.7 Å². The zero-order valence-electron chi connectivity index (χ0n) is 10.3. The van der Waals surface area contributed by atoms with E-state index in [9.17, 15) is 0 Å². The molecule has 0 atom stereocenters. The average molecular weight is 342 g/mol. The SMILES string of the molecule is SCC1(COc2cc(Cl)c(Cl)cc2Cl)CCOCC1. The zero-order valence-corrected chi connectivity index (χ0v) is 13.5. The largest absolute Gasteiger partial charge is 0.491 e. The van der Waals surface area contributed by atoms with Crippen LogP contribution in [0.15, 0.2) is 12.1 Å². The van der Waals surface area contributed by atoms with E-state index >= 15 is 0 Å². The van der Waals surface area contributed by atoms with Crippen molar-refractivity contribution in [1.82, 2.24) is 0 Å². The second-order valence-corrected chi connectivity index (χ2v) is 6.29. The van der Waals surface area contributed by atoms with Crippen molar-refractivity contribution in [3.8, 4) is 5.75 Å². The fourth-order valence-electron chi connectivity index (χ4n) is 2.00. The summed E-state index contributed by atoms with van der Waals surface area (Å²) in [5.74, 6) is 1.32. The third-order valence-electron chi connectivity index (χ3n) is 3.40. The van der Waals surface area contributed by atoms with Crippen molar-refractivity contribution >= 4 is 47.4 Å². The van der Waals surface area contributed by atoms with Crippen LogP contribution in [0.25, 0.3) is 0 Å². The van der Waals surface area contributed by atoms with Gasteiger partial charge in [0.25, 0.3) is 0 Å². The summed E-state index contributed by atoms with van der Waals surface area (Å²) in [4.78, 5) is 0. The number of thiol groups is 1. The topological polar surface area (TPSA) is 18.5 Å². The Morgan fingerprint density at radius 2 is 1.74 bits per heavy atom. The molecule has 2 nitrogen and oxygen atoms in total. The van der Waals surface area contributed by atoms with Crippen molar-refractivity contribution in [1.29, 1.82) is 0 Å². The molecular weight excluding hydrogens is 327 g/mol. The van der Waals surface area contributed by atoms with E-state index in [0.29, 0.717) is 27.4 Å². The lowest BCUT2D eigenvalue weighted by molar-refractivity contribution is 0.00313. The van der Waals surface area contributed by atoms with Gasteiger partial charge in [0.15, 0.2) is 0 Å². The van der Waals surface area contributed by atoms with Gasteiger partial charge in [0.2, 0.25) is 0 Å². The first-order chi connectivity index (χ1) is 9.06. The molecule has 1 fully saturated rings. The summed E-state index contributed by atoms with van der Waals surface area (Å²) in [6, 6.07) is 3.25. The first kappa shape index (κ1) is 15.6. The Morgan fingerprint density at radius 1 is 1.11 bits per heavy atom. The number of hydrogen-bond donors (Lipinski definition) is 1. The Morgan fingerprint density at radius 3 is 2.37 bits per heavy atom. The van der Waals surface area contributed by atoms with Crippen LogP contribution in [0.4, 0.5) is 0 Å². The molecule has 0 radical (unpaired) electrons. The van der Waals surface area contributed by atoms with Crippen molar-refractivity contribution in [3.05, 3.63) is 27.2 Å². The molecule has 1 aromatic rings. The van der Waals surface area contributed by atoms with Crippen molar-refractivity contribution < 1.29 is 9.47 Å². The molecule has 0 saturated carbocycles. The van der Waals surface area contributed by atoms with Crippen LogP contribution in [0.2, 0.25) is 15.1 Å². The van der Waals surface area contributed by atoms with Gasteiger partial charge in [0.1, 0.15) is 5.75 Å². The number of rotatable bonds is 4. The second kappa shape index (κ2) is 6.77. The highest BCUT2D eigenvalue weighted by Crippen LogP contribution is 2.37. The maximum absolute atomic E-state index is 6.10. The van der Waals surface area contributed by atoms with Crippen LogP contribution >= 0.6 is 47.4 Å². The Labute approximate surface area is 133 Å². The highest BCUT2D eigenvalue weighted by Gasteiger charge is 2.32. The Kier molecular flexibility index (Phi) is 5.55. The van der Waals surface area contributed by atoms with Gasteiger partial charge in [0, 0.05) is 24.7 Å². The molecule has 0 spiro atoms. The lowest BCUT2D eigenvalue weighted by Gasteiger charge is -2.35. The molecule has 2 rings (SSSR count). The van der Waals surface area contributed by atoms with Gasteiger partial charge in [0.05, 0.1) is 21.7 Å². The van der Waals surface area contributed by atoms with Crippen LogP contribution in [0, 0.1) is 5.41 Å². The van der Waals surface area contributed by atoms with E-state index in [1.54, 1.807) is 12.1 Å². The predicted octanol–water partition coefficient (Wildman–Crippen LogP) is 4.75. The number of hydrogen-bond acceptors (Lipinski definition) is 3. The monoisotopic (exact) mass is 340 g/mol. The highest BCUT2D eigenvalue weighted by atomic mass is 35.5. The summed E-state index contributed by atoms with van der Waals surface area (Å²) in [7, 11) is 0. The molecule has 1 aromatic carbocycles. The molecule has 0 bridgehead atoms. The lowest BCUT2D eigenvalue weighted by Crippen LogP contribution is -2.36. The highest BCUT2D eigenvalue weighted by molar-refractivity contribution is 7.80. The van der Waals surface area contributed by atoms with E-state index in [4.69, 9.17) is 44.3 Å². The number of halogens is 3. The summed E-state index contributed by atoms with van der Waals surface area (Å²) >= 11 is 22.4. The van der Waals surface area contributed by atoms with Crippen LogP contribution in [0.1, 0.15) is 12.8 Å². The van der Waals surface area contributed by atoms with Gasteiger partial charge < -0.3 is 9.47 Å². The van der Waals surface area contributed by atoms with Crippen LogP contribution < -0.4 is 4.74 Å². The van der Waals surface area contributed by atoms with E-state index in [-0.39, 0.29) is 5.41 Å². The molecule has 19 heavy (non-hydrogen) atoms. The summed E-state index contributed by atoms with van der Waals surface area (Å²) in [6.07, 6.45) is 1.88. The van der Waals surface area contributed by atoms with Crippen molar-refractivity contribution in [3.63, 3.8) is 0 Å². The number of ether oxygens (including phenoxy) is 2. The summed E-state index contributed by atoms with van der Waals surface area (Å²) < 4.78 is 11.2. The van der Waals surface area contributed by atoms with E-state index in [2.05, 4.69) is 12.6 Å². The molecule has 1 saturated heterocycles. The minimum Gasteiger partial charge on any atom is -0.491 e. The van der Waals surface area contributed by atoms with E-state index in [0.717, 1.165) is 31.8 Å². The maximum atomic E-state index is 6.10. The molecular formula is C13H15Cl3O2S. The molecule has 1 aliphatic rings. The normalized spacial score (nSPS) is 18.3. The summed E-state index contributed by atoms with van der Waals surface area (Å²) in [5.41, 5.74) is 0.0385. The molecule has 1 aliphatic heterocycles. The van der Waals surface area contributed by atoms with Crippen molar-refractivity contribution in [2.45, 2.75) is 12.8 Å². The molecule has 0 aromatic heterocycles. The molecule has 0 unspecified atom stereocenters. The van der Waals surface area contributed by atoms with Crippen molar-refractivity contribution in [2.24, 2.45) is 5.41 Å². The quantitative estimate of drug-likeness (QED) is 0.629. The van der Waals surface area contributed by atoms with Gasteiger partial charge in [-0.2, -0.15) is 12.6 Å². The molecule has 1 heterocycles. The van der Waals surface area contributed by atoms with Gasteiger partial charge in [-0.15, -0.1) is 0 Å². The third kappa shape index (κ3) is 3.85. The van der Waals surface area contributed by atoms with Gasteiger partial charge in [-0.25, -0.2) is 0 Å². The van der Waals surface area contributed by atoms with E-state index < -0.39 is 0 Å². The predicted molar refractivity (Wildman–Crippen MR) is 83.3 cm³/mol. The minimum absolute atomic E-state index is 0.0385. The fraction of sp³-hybridized carbons (Fsp3) is 0.538. The first-order valence-electron chi connectivity index (χ1n) is 6.02. The summed E-state index contributed by atoms with van der Waals surface area (Å²) in [6.45, 7) is 2.05. The van der Waals surface area contributed by atoms with E-state index in [1.165, 1.54) is 0 Å². The van der Waals surface area contributed by atoms with E-state index in [1.807, 2.05) is 0 Å². The Balaban J connectivity index is 2.07. The standard InChI is InChI=1S/C13H15Cl3O2S/c14-9-5-11(16)12(6-10(9)15)18-7-13(8-19)1-3-17-4-2-13/h5-6,19H,1-4,7-8H2. The average Bonchev–Trinajstić information content (AvgIpc) is 2.42. The van der Waals surface area contributed by atoms with Gasteiger partial charge >= 0.3 is 0 Å². The molecule has 6 heteroatoms. The van der Waals surface area contributed by atoms with Crippen molar-refractivity contribution in [2.75, 3.05) is 25.6 Å². The maximum Gasteiger partial charge on any atom is 0.139 e. The first-order valence-corrected chi connectivity index (χ1v) is 7.79. The molecule has 0 N–H and O–H groups in total. The van der Waals surface area contributed by atoms with Crippen LogP contribution in [-0.2, 0) is 4.74 Å². The zero-order chi connectivity index (χ0) is 13.9. The second-order valence-electron chi connectivity index (χ2n) is 4.76. The molecule has 0 amide bonds. The smallest absolute Gasteiger partial charge is 0.139 e. The Bertz CT molecular complexity index is 448. The minimum atomic E-state index is 0.0385. The van der Waals surface area contributed by atoms with Crippen LogP contribution in [0.5, 0.6) is 5.75 Å². The Hall–Kier alpha value is 0.200. The molecule has 106 valence electrons.